The minimum absolute atomic E-state index is 0.131. The lowest BCUT2D eigenvalue weighted by Crippen LogP contribution is -2.50. The van der Waals surface area contributed by atoms with Crippen LogP contribution in [-0.2, 0) is 21.2 Å². The predicted octanol–water partition coefficient (Wildman–Crippen LogP) is 1.01. The van der Waals surface area contributed by atoms with E-state index in [4.69, 9.17) is 5.11 Å². The van der Waals surface area contributed by atoms with E-state index in [1.54, 1.807) is 0 Å². The number of nitrogens with one attached hydrogen (secondary N) is 1. The summed E-state index contributed by atoms with van der Waals surface area (Å²) < 4.78 is 25.7. The molecule has 0 bridgehead atoms. The van der Waals surface area contributed by atoms with Crippen molar-refractivity contribution in [3.63, 3.8) is 0 Å². The van der Waals surface area contributed by atoms with Gasteiger partial charge in [-0.25, -0.2) is 8.42 Å². The standard InChI is InChI=1S/C12H17NO4S/c1-12(2,11(14)15)13-18(16,17)9-8-10-6-4-3-5-7-10/h3-7,13H,8-9H2,1-2H3,(H,14,15). The molecule has 0 radical (unpaired) electrons. The number of carboxylic acid groups (broad SMARTS) is 1. The molecule has 0 saturated carbocycles. The van der Waals surface area contributed by atoms with E-state index in [9.17, 15) is 13.2 Å². The normalized spacial score (nSPS) is 12.3. The van der Waals surface area contributed by atoms with Crippen LogP contribution in [0.3, 0.4) is 0 Å². The van der Waals surface area contributed by atoms with Gasteiger partial charge in [0, 0.05) is 0 Å². The van der Waals surface area contributed by atoms with Gasteiger partial charge in [0.05, 0.1) is 5.75 Å². The monoisotopic (exact) mass is 271 g/mol. The molecule has 0 amide bonds. The fraction of sp³-hybridized carbons (Fsp3) is 0.417. The van der Waals surface area contributed by atoms with E-state index >= 15 is 0 Å². The Bertz CT molecular complexity index is 508. The topological polar surface area (TPSA) is 83.5 Å². The molecule has 0 aliphatic carbocycles. The first-order valence-corrected chi connectivity index (χ1v) is 7.17. The average Bonchev–Trinajstić information content (AvgIpc) is 2.26. The maximum atomic E-state index is 11.7. The first kappa shape index (κ1) is 14.7. The highest BCUT2D eigenvalue weighted by Crippen LogP contribution is 2.07. The minimum Gasteiger partial charge on any atom is -0.480 e. The van der Waals surface area contributed by atoms with Gasteiger partial charge in [0.2, 0.25) is 10.0 Å². The SMILES string of the molecule is CC(C)(NS(=O)(=O)CCc1ccccc1)C(=O)O. The van der Waals surface area contributed by atoms with Crippen molar-refractivity contribution in [3.8, 4) is 0 Å². The molecule has 1 aromatic rings. The zero-order valence-corrected chi connectivity index (χ0v) is 11.2. The van der Waals surface area contributed by atoms with Crippen molar-refractivity contribution in [2.75, 3.05) is 5.75 Å². The number of hydrogen-bond acceptors (Lipinski definition) is 3. The van der Waals surface area contributed by atoms with E-state index in [2.05, 4.69) is 4.72 Å². The summed E-state index contributed by atoms with van der Waals surface area (Å²) >= 11 is 0. The van der Waals surface area contributed by atoms with Crippen LogP contribution in [0, 0.1) is 0 Å². The van der Waals surface area contributed by atoms with Crippen LogP contribution in [0.25, 0.3) is 0 Å². The smallest absolute Gasteiger partial charge is 0.324 e. The summed E-state index contributed by atoms with van der Waals surface area (Å²) in [7, 11) is -3.61. The Morgan fingerprint density at radius 1 is 1.28 bits per heavy atom. The molecule has 2 N–H and O–H groups in total. The molecular weight excluding hydrogens is 254 g/mol. The van der Waals surface area contributed by atoms with Gasteiger partial charge in [-0.2, -0.15) is 4.72 Å². The summed E-state index contributed by atoms with van der Waals surface area (Å²) in [6.07, 6.45) is 0.353. The van der Waals surface area contributed by atoms with Gasteiger partial charge in [0.15, 0.2) is 0 Å². The fourth-order valence-electron chi connectivity index (χ4n) is 1.38. The Kier molecular flexibility index (Phi) is 4.48. The van der Waals surface area contributed by atoms with Crippen LogP contribution in [0.15, 0.2) is 30.3 Å². The van der Waals surface area contributed by atoms with E-state index in [0.29, 0.717) is 6.42 Å². The number of hydrogen-bond donors (Lipinski definition) is 2. The quantitative estimate of drug-likeness (QED) is 0.809. The molecule has 0 aromatic heterocycles. The van der Waals surface area contributed by atoms with Gasteiger partial charge >= 0.3 is 5.97 Å². The van der Waals surface area contributed by atoms with Gasteiger partial charge in [0.1, 0.15) is 5.54 Å². The van der Waals surface area contributed by atoms with Crippen LogP contribution < -0.4 is 4.72 Å². The molecule has 0 fully saturated rings. The molecule has 0 unspecified atom stereocenters. The van der Waals surface area contributed by atoms with Crippen LogP contribution in [0.5, 0.6) is 0 Å². The summed E-state index contributed by atoms with van der Waals surface area (Å²) in [5.41, 5.74) is -0.591. The van der Waals surface area contributed by atoms with Crippen LogP contribution >= 0.6 is 0 Å². The average molecular weight is 271 g/mol. The summed E-state index contributed by atoms with van der Waals surface area (Å²) in [5, 5.41) is 8.86. The number of carbonyl (C=O) groups is 1. The van der Waals surface area contributed by atoms with Crippen LogP contribution in [0.4, 0.5) is 0 Å². The van der Waals surface area contributed by atoms with E-state index in [1.165, 1.54) is 13.8 Å². The van der Waals surface area contributed by atoms with Crippen molar-refractivity contribution in [2.45, 2.75) is 25.8 Å². The second-order valence-corrected chi connectivity index (χ2v) is 6.43. The molecule has 0 aliphatic rings. The summed E-state index contributed by atoms with van der Waals surface area (Å²) in [5.74, 6) is -1.33. The minimum atomic E-state index is -3.61. The molecule has 1 rings (SSSR count). The first-order valence-electron chi connectivity index (χ1n) is 5.52. The Labute approximate surface area is 107 Å². The van der Waals surface area contributed by atoms with Crippen molar-refractivity contribution < 1.29 is 18.3 Å². The lowest BCUT2D eigenvalue weighted by atomic mass is 10.1. The first-order chi connectivity index (χ1) is 8.23. The number of rotatable bonds is 6. The van der Waals surface area contributed by atoms with E-state index in [-0.39, 0.29) is 5.75 Å². The van der Waals surface area contributed by atoms with Gasteiger partial charge in [-0.05, 0) is 25.8 Å². The predicted molar refractivity (Wildman–Crippen MR) is 68.8 cm³/mol. The van der Waals surface area contributed by atoms with Gasteiger partial charge in [-0.3, -0.25) is 4.79 Å². The van der Waals surface area contributed by atoms with Crippen molar-refractivity contribution in [1.29, 1.82) is 0 Å². The highest BCUT2D eigenvalue weighted by atomic mass is 32.2. The maximum absolute atomic E-state index is 11.7. The third-order valence-corrected chi connectivity index (χ3v) is 4.01. The van der Waals surface area contributed by atoms with Crippen molar-refractivity contribution in [2.24, 2.45) is 0 Å². The Morgan fingerprint density at radius 2 is 1.83 bits per heavy atom. The zero-order chi connectivity index (χ0) is 13.8. The van der Waals surface area contributed by atoms with Gasteiger partial charge in [0.25, 0.3) is 0 Å². The Balaban J connectivity index is 2.64. The van der Waals surface area contributed by atoms with E-state index in [0.717, 1.165) is 5.56 Å². The number of aliphatic carboxylic acids is 1. The third-order valence-electron chi connectivity index (χ3n) is 2.45. The fourth-order valence-corrected chi connectivity index (χ4v) is 2.85. The largest absolute Gasteiger partial charge is 0.480 e. The number of benzene rings is 1. The maximum Gasteiger partial charge on any atom is 0.324 e. The van der Waals surface area contributed by atoms with E-state index in [1.807, 2.05) is 30.3 Å². The van der Waals surface area contributed by atoms with Crippen molar-refractivity contribution in [3.05, 3.63) is 35.9 Å². The molecular formula is C12H17NO4S. The highest BCUT2D eigenvalue weighted by Gasteiger charge is 2.31. The second-order valence-electron chi connectivity index (χ2n) is 4.59. The Hall–Kier alpha value is -1.40. The zero-order valence-electron chi connectivity index (χ0n) is 10.4. The Morgan fingerprint density at radius 3 is 2.33 bits per heavy atom. The molecule has 0 saturated heterocycles. The molecule has 0 atom stereocenters. The number of aryl methyl sites for hydroxylation is 1. The van der Waals surface area contributed by atoms with E-state index < -0.39 is 21.5 Å². The summed E-state index contributed by atoms with van der Waals surface area (Å²) in [4.78, 5) is 10.8. The van der Waals surface area contributed by atoms with Crippen LogP contribution in [0.2, 0.25) is 0 Å². The van der Waals surface area contributed by atoms with Crippen LogP contribution in [-0.4, -0.2) is 30.8 Å². The molecule has 1 aromatic carbocycles. The third kappa shape index (κ3) is 4.46. The van der Waals surface area contributed by atoms with Gasteiger partial charge < -0.3 is 5.11 Å². The number of sulfonamides is 1. The summed E-state index contributed by atoms with van der Waals surface area (Å²) in [6.45, 7) is 2.63. The lowest BCUT2D eigenvalue weighted by Gasteiger charge is -2.20. The second kappa shape index (κ2) is 5.49. The molecule has 0 heterocycles. The number of carboxylic acids is 1. The molecule has 0 spiro atoms. The molecule has 5 nitrogen and oxygen atoms in total. The molecule has 100 valence electrons. The summed E-state index contributed by atoms with van der Waals surface area (Å²) in [6, 6.07) is 9.17. The highest BCUT2D eigenvalue weighted by molar-refractivity contribution is 7.89. The van der Waals surface area contributed by atoms with Crippen LogP contribution in [0.1, 0.15) is 19.4 Å². The van der Waals surface area contributed by atoms with Crippen molar-refractivity contribution >= 4 is 16.0 Å². The molecule has 0 aliphatic heterocycles. The molecule has 6 heteroatoms. The molecule has 18 heavy (non-hydrogen) atoms. The van der Waals surface area contributed by atoms with Crippen molar-refractivity contribution in [1.82, 2.24) is 4.72 Å². The lowest BCUT2D eigenvalue weighted by molar-refractivity contribution is -0.142. The van der Waals surface area contributed by atoms with Gasteiger partial charge in [-0.1, -0.05) is 30.3 Å². The van der Waals surface area contributed by atoms with Gasteiger partial charge in [-0.15, -0.1) is 0 Å².